The van der Waals surface area contributed by atoms with E-state index in [0.29, 0.717) is 6.54 Å². The van der Waals surface area contributed by atoms with Gasteiger partial charge in [0.25, 0.3) is 5.69 Å². The van der Waals surface area contributed by atoms with E-state index in [9.17, 15) is 10.1 Å². The van der Waals surface area contributed by atoms with Crippen molar-refractivity contribution in [3.05, 3.63) is 46.4 Å². The lowest BCUT2D eigenvalue weighted by Gasteiger charge is -1.98. The van der Waals surface area contributed by atoms with Crippen molar-refractivity contribution >= 4 is 5.69 Å². The molecule has 1 heterocycles. The summed E-state index contributed by atoms with van der Waals surface area (Å²) in [4.78, 5) is 17.6. The van der Waals surface area contributed by atoms with Gasteiger partial charge in [0.05, 0.1) is 23.4 Å². The second-order valence-electron chi connectivity index (χ2n) is 3.83. The Morgan fingerprint density at radius 3 is 3.06 bits per heavy atom. The smallest absolute Gasteiger partial charge is 0.270 e. The van der Waals surface area contributed by atoms with Crippen molar-refractivity contribution in [1.82, 2.24) is 15.3 Å². The number of benzene rings is 1. The SMILES string of the molecule is CCNCc1ncc(-c2cccc([N+](=O)[O-])c2)[nH]1. The van der Waals surface area contributed by atoms with Gasteiger partial charge in [-0.25, -0.2) is 4.98 Å². The van der Waals surface area contributed by atoms with E-state index in [4.69, 9.17) is 0 Å². The minimum absolute atomic E-state index is 0.0790. The van der Waals surface area contributed by atoms with Crippen molar-refractivity contribution in [2.45, 2.75) is 13.5 Å². The van der Waals surface area contributed by atoms with Crippen LogP contribution in [0, 0.1) is 10.1 Å². The van der Waals surface area contributed by atoms with Gasteiger partial charge in [-0.3, -0.25) is 10.1 Å². The van der Waals surface area contributed by atoms with Gasteiger partial charge in [0, 0.05) is 17.7 Å². The molecule has 0 fully saturated rings. The Morgan fingerprint density at radius 1 is 1.50 bits per heavy atom. The van der Waals surface area contributed by atoms with Gasteiger partial charge in [-0.05, 0) is 6.54 Å². The molecular formula is C12H14N4O2. The topological polar surface area (TPSA) is 83.8 Å². The van der Waals surface area contributed by atoms with Gasteiger partial charge in [-0.15, -0.1) is 0 Å². The Morgan fingerprint density at radius 2 is 2.33 bits per heavy atom. The van der Waals surface area contributed by atoms with Gasteiger partial charge in [-0.1, -0.05) is 19.1 Å². The Bertz CT molecular complexity index is 551. The number of hydrogen-bond donors (Lipinski definition) is 2. The third-order valence-corrected chi connectivity index (χ3v) is 2.54. The van der Waals surface area contributed by atoms with Crippen LogP contribution in [0.2, 0.25) is 0 Å². The highest BCUT2D eigenvalue weighted by Gasteiger charge is 2.08. The lowest BCUT2D eigenvalue weighted by Crippen LogP contribution is -2.12. The van der Waals surface area contributed by atoms with Crippen molar-refractivity contribution in [3.63, 3.8) is 0 Å². The van der Waals surface area contributed by atoms with E-state index in [2.05, 4.69) is 15.3 Å². The molecule has 0 aliphatic carbocycles. The number of non-ortho nitro benzene ring substituents is 1. The highest BCUT2D eigenvalue weighted by molar-refractivity contribution is 5.61. The molecule has 1 aromatic carbocycles. The van der Waals surface area contributed by atoms with Gasteiger partial charge < -0.3 is 10.3 Å². The van der Waals surface area contributed by atoms with E-state index in [-0.39, 0.29) is 5.69 Å². The number of imidazole rings is 1. The first-order chi connectivity index (χ1) is 8.70. The van der Waals surface area contributed by atoms with Crippen LogP contribution in [0.4, 0.5) is 5.69 Å². The Hall–Kier alpha value is -2.21. The molecular weight excluding hydrogens is 232 g/mol. The Balaban J connectivity index is 2.23. The quantitative estimate of drug-likeness (QED) is 0.625. The molecule has 1 aromatic heterocycles. The molecule has 6 nitrogen and oxygen atoms in total. The van der Waals surface area contributed by atoms with Gasteiger partial charge in [0.2, 0.25) is 0 Å². The first-order valence-corrected chi connectivity index (χ1v) is 5.70. The minimum Gasteiger partial charge on any atom is -0.341 e. The summed E-state index contributed by atoms with van der Waals surface area (Å²) in [6.07, 6.45) is 1.69. The molecule has 0 atom stereocenters. The van der Waals surface area contributed by atoms with Crippen LogP contribution in [0.25, 0.3) is 11.3 Å². The molecule has 94 valence electrons. The average Bonchev–Trinajstić information content (AvgIpc) is 2.85. The molecule has 0 saturated heterocycles. The summed E-state index contributed by atoms with van der Waals surface area (Å²) in [6.45, 7) is 3.54. The van der Waals surface area contributed by atoms with Crippen LogP contribution in [0.3, 0.4) is 0 Å². The van der Waals surface area contributed by atoms with E-state index < -0.39 is 4.92 Å². The summed E-state index contributed by atoms with van der Waals surface area (Å²) in [5.74, 6) is 0.818. The monoisotopic (exact) mass is 246 g/mol. The van der Waals surface area contributed by atoms with Crippen molar-refractivity contribution in [2.24, 2.45) is 0 Å². The lowest BCUT2D eigenvalue weighted by molar-refractivity contribution is -0.384. The molecule has 18 heavy (non-hydrogen) atoms. The van der Waals surface area contributed by atoms with E-state index in [1.54, 1.807) is 12.3 Å². The van der Waals surface area contributed by atoms with Crippen LogP contribution in [0.5, 0.6) is 0 Å². The van der Waals surface area contributed by atoms with Gasteiger partial charge in [0.1, 0.15) is 5.82 Å². The summed E-state index contributed by atoms with van der Waals surface area (Å²) < 4.78 is 0. The fraction of sp³-hybridized carbons (Fsp3) is 0.250. The molecule has 0 spiro atoms. The number of nitro groups is 1. The normalized spacial score (nSPS) is 10.5. The van der Waals surface area contributed by atoms with E-state index in [1.807, 2.05) is 13.0 Å². The zero-order valence-corrected chi connectivity index (χ0v) is 10.0. The summed E-state index contributed by atoms with van der Waals surface area (Å²) >= 11 is 0. The summed E-state index contributed by atoms with van der Waals surface area (Å²) in [6, 6.07) is 6.49. The van der Waals surface area contributed by atoms with Crippen LogP contribution in [-0.4, -0.2) is 21.4 Å². The van der Waals surface area contributed by atoms with E-state index >= 15 is 0 Å². The van der Waals surface area contributed by atoms with Crippen molar-refractivity contribution in [3.8, 4) is 11.3 Å². The van der Waals surface area contributed by atoms with Gasteiger partial charge >= 0.3 is 0 Å². The first-order valence-electron chi connectivity index (χ1n) is 5.70. The van der Waals surface area contributed by atoms with Crippen LogP contribution in [-0.2, 0) is 6.54 Å². The number of rotatable bonds is 5. The van der Waals surface area contributed by atoms with E-state index in [0.717, 1.165) is 23.6 Å². The number of aromatic nitrogens is 2. The molecule has 0 aliphatic heterocycles. The summed E-state index contributed by atoms with van der Waals surface area (Å²) in [7, 11) is 0. The second kappa shape index (κ2) is 5.42. The highest BCUT2D eigenvalue weighted by atomic mass is 16.6. The Labute approximate surface area is 104 Å². The van der Waals surface area contributed by atoms with Crippen LogP contribution >= 0.6 is 0 Å². The average molecular weight is 246 g/mol. The maximum Gasteiger partial charge on any atom is 0.270 e. The maximum absolute atomic E-state index is 10.7. The lowest BCUT2D eigenvalue weighted by atomic mass is 10.1. The highest BCUT2D eigenvalue weighted by Crippen LogP contribution is 2.22. The number of aromatic amines is 1. The number of nitrogens with one attached hydrogen (secondary N) is 2. The first kappa shape index (κ1) is 12.3. The number of hydrogen-bond acceptors (Lipinski definition) is 4. The number of H-pyrrole nitrogens is 1. The largest absolute Gasteiger partial charge is 0.341 e. The number of nitrogens with zero attached hydrogens (tertiary/aromatic N) is 2. The minimum atomic E-state index is -0.403. The second-order valence-corrected chi connectivity index (χ2v) is 3.83. The summed E-state index contributed by atoms with van der Waals surface area (Å²) in [5.41, 5.74) is 1.63. The fourth-order valence-corrected chi connectivity index (χ4v) is 1.63. The molecule has 2 aromatic rings. The Kier molecular flexibility index (Phi) is 3.69. The molecule has 6 heteroatoms. The van der Waals surface area contributed by atoms with Crippen LogP contribution in [0.15, 0.2) is 30.5 Å². The fourth-order valence-electron chi connectivity index (χ4n) is 1.63. The van der Waals surface area contributed by atoms with Gasteiger partial charge in [0.15, 0.2) is 0 Å². The molecule has 2 N–H and O–H groups in total. The predicted octanol–water partition coefficient (Wildman–Crippen LogP) is 2.09. The zero-order valence-electron chi connectivity index (χ0n) is 10.0. The molecule has 0 amide bonds. The third-order valence-electron chi connectivity index (χ3n) is 2.54. The van der Waals surface area contributed by atoms with Crippen molar-refractivity contribution < 1.29 is 4.92 Å². The standard InChI is InChI=1S/C12H14N4O2/c1-2-13-8-12-14-7-11(15-12)9-4-3-5-10(6-9)16(17)18/h3-7,13H,2,8H2,1H3,(H,14,15). The van der Waals surface area contributed by atoms with E-state index in [1.165, 1.54) is 12.1 Å². The summed E-state index contributed by atoms with van der Waals surface area (Å²) in [5, 5.41) is 13.9. The van der Waals surface area contributed by atoms with Crippen molar-refractivity contribution in [1.29, 1.82) is 0 Å². The molecule has 0 aliphatic rings. The molecule has 0 radical (unpaired) electrons. The van der Waals surface area contributed by atoms with Crippen LogP contribution < -0.4 is 5.32 Å². The number of nitro benzene ring substituents is 1. The van der Waals surface area contributed by atoms with Gasteiger partial charge in [-0.2, -0.15) is 0 Å². The maximum atomic E-state index is 10.7. The van der Waals surface area contributed by atoms with Crippen LogP contribution in [0.1, 0.15) is 12.7 Å². The molecule has 0 saturated carbocycles. The zero-order chi connectivity index (χ0) is 13.0. The predicted molar refractivity (Wildman–Crippen MR) is 68.1 cm³/mol. The molecule has 2 rings (SSSR count). The third kappa shape index (κ3) is 2.72. The molecule has 0 unspecified atom stereocenters. The molecule has 0 bridgehead atoms. The van der Waals surface area contributed by atoms with Crippen molar-refractivity contribution in [2.75, 3.05) is 6.54 Å².